The summed E-state index contributed by atoms with van der Waals surface area (Å²) in [4.78, 5) is 22.0. The van der Waals surface area contributed by atoms with E-state index in [4.69, 9.17) is 11.6 Å². The van der Waals surface area contributed by atoms with E-state index in [1.165, 1.54) is 12.4 Å². The standard InChI is InChI=1S/C15H19ClF2N4O/c16-13-12(19-5-6-20-13)7-21-14(23)10-1-3-11(4-2-10)22-8-15(17,18)9-22/h5-6,10-11H,1-4,7-9H2,(H,21,23). The fourth-order valence-corrected chi connectivity index (χ4v) is 3.46. The average molecular weight is 345 g/mol. The van der Waals surface area contributed by atoms with Gasteiger partial charge < -0.3 is 5.32 Å². The van der Waals surface area contributed by atoms with E-state index < -0.39 is 5.92 Å². The Hall–Kier alpha value is -1.34. The Bertz CT molecular complexity index is 570. The number of carbonyl (C=O) groups excluding carboxylic acids is 1. The molecule has 2 heterocycles. The van der Waals surface area contributed by atoms with Gasteiger partial charge in [0, 0.05) is 24.4 Å². The van der Waals surface area contributed by atoms with Gasteiger partial charge in [0.05, 0.1) is 25.3 Å². The summed E-state index contributed by atoms with van der Waals surface area (Å²) in [5, 5.41) is 3.12. The molecule has 0 radical (unpaired) electrons. The lowest BCUT2D eigenvalue weighted by Gasteiger charge is -2.46. The number of likely N-dealkylation sites (tertiary alicyclic amines) is 1. The van der Waals surface area contributed by atoms with Crippen LogP contribution in [-0.4, -0.2) is 45.8 Å². The van der Waals surface area contributed by atoms with E-state index in [9.17, 15) is 13.6 Å². The first kappa shape index (κ1) is 16.5. The molecule has 1 saturated heterocycles. The van der Waals surface area contributed by atoms with Gasteiger partial charge in [-0.3, -0.25) is 14.7 Å². The highest BCUT2D eigenvalue weighted by molar-refractivity contribution is 6.29. The number of nitrogens with one attached hydrogen (secondary N) is 1. The summed E-state index contributed by atoms with van der Waals surface area (Å²) in [5.74, 6) is -2.62. The molecule has 1 aliphatic carbocycles. The van der Waals surface area contributed by atoms with Crippen LogP contribution in [0.3, 0.4) is 0 Å². The first-order chi connectivity index (χ1) is 10.9. The number of halogens is 3. The highest BCUT2D eigenvalue weighted by atomic mass is 35.5. The molecule has 0 bridgehead atoms. The smallest absolute Gasteiger partial charge is 0.272 e. The van der Waals surface area contributed by atoms with Crippen LogP contribution < -0.4 is 5.32 Å². The molecule has 2 aliphatic rings. The van der Waals surface area contributed by atoms with Gasteiger partial charge in [0.25, 0.3) is 5.92 Å². The van der Waals surface area contributed by atoms with Crippen molar-refractivity contribution in [1.82, 2.24) is 20.2 Å². The van der Waals surface area contributed by atoms with E-state index in [1.54, 1.807) is 0 Å². The van der Waals surface area contributed by atoms with Gasteiger partial charge in [-0.25, -0.2) is 13.8 Å². The van der Waals surface area contributed by atoms with Crippen molar-refractivity contribution in [3.8, 4) is 0 Å². The molecular formula is C15H19ClF2N4O. The van der Waals surface area contributed by atoms with Crippen molar-refractivity contribution in [2.75, 3.05) is 13.1 Å². The number of aromatic nitrogens is 2. The summed E-state index contributed by atoms with van der Waals surface area (Å²) >= 11 is 5.90. The van der Waals surface area contributed by atoms with Gasteiger partial charge in [0.2, 0.25) is 5.91 Å². The van der Waals surface area contributed by atoms with Crippen LogP contribution in [-0.2, 0) is 11.3 Å². The Morgan fingerprint density at radius 3 is 2.52 bits per heavy atom. The second-order valence-corrected chi connectivity index (χ2v) is 6.64. The zero-order valence-electron chi connectivity index (χ0n) is 12.6. The zero-order valence-corrected chi connectivity index (χ0v) is 13.4. The second kappa shape index (κ2) is 6.65. The van der Waals surface area contributed by atoms with Crippen molar-refractivity contribution < 1.29 is 13.6 Å². The van der Waals surface area contributed by atoms with E-state index in [2.05, 4.69) is 15.3 Å². The summed E-state index contributed by atoms with van der Waals surface area (Å²) in [6.07, 6.45) is 6.06. The lowest BCUT2D eigenvalue weighted by molar-refractivity contribution is -0.152. The number of amides is 1. The minimum Gasteiger partial charge on any atom is -0.350 e. The fourth-order valence-electron chi connectivity index (χ4n) is 3.29. The van der Waals surface area contributed by atoms with Gasteiger partial charge in [-0.2, -0.15) is 0 Å². The highest BCUT2D eigenvalue weighted by Gasteiger charge is 2.47. The second-order valence-electron chi connectivity index (χ2n) is 6.28. The van der Waals surface area contributed by atoms with Crippen LogP contribution in [0.25, 0.3) is 0 Å². The van der Waals surface area contributed by atoms with Gasteiger partial charge in [0.1, 0.15) is 0 Å². The molecular weight excluding hydrogens is 326 g/mol. The Morgan fingerprint density at radius 2 is 1.91 bits per heavy atom. The topological polar surface area (TPSA) is 58.1 Å². The molecule has 126 valence electrons. The maximum atomic E-state index is 12.9. The summed E-state index contributed by atoms with van der Waals surface area (Å²) < 4.78 is 25.8. The molecule has 1 aromatic heterocycles. The van der Waals surface area contributed by atoms with Gasteiger partial charge in [-0.05, 0) is 25.7 Å². The van der Waals surface area contributed by atoms with Crippen molar-refractivity contribution in [3.63, 3.8) is 0 Å². The minimum absolute atomic E-state index is 0.0286. The summed E-state index contributed by atoms with van der Waals surface area (Å²) in [7, 11) is 0. The molecule has 0 unspecified atom stereocenters. The molecule has 0 aromatic carbocycles. The molecule has 2 fully saturated rings. The predicted molar refractivity (Wildman–Crippen MR) is 81.2 cm³/mol. The largest absolute Gasteiger partial charge is 0.350 e. The fraction of sp³-hybridized carbons (Fsp3) is 0.667. The maximum Gasteiger partial charge on any atom is 0.272 e. The van der Waals surface area contributed by atoms with E-state index >= 15 is 0 Å². The Balaban J connectivity index is 1.43. The molecule has 5 nitrogen and oxygen atoms in total. The van der Waals surface area contributed by atoms with Crippen LogP contribution >= 0.6 is 11.6 Å². The van der Waals surface area contributed by atoms with E-state index in [-0.39, 0.29) is 42.7 Å². The lowest BCUT2D eigenvalue weighted by atomic mass is 9.83. The minimum atomic E-state index is -2.52. The van der Waals surface area contributed by atoms with Crippen LogP contribution in [0.2, 0.25) is 5.15 Å². The highest BCUT2D eigenvalue weighted by Crippen LogP contribution is 2.35. The number of alkyl halides is 2. The van der Waals surface area contributed by atoms with E-state index in [0.717, 1.165) is 25.7 Å². The van der Waals surface area contributed by atoms with Crippen LogP contribution in [0.5, 0.6) is 0 Å². The van der Waals surface area contributed by atoms with E-state index in [1.807, 2.05) is 4.90 Å². The maximum absolute atomic E-state index is 12.9. The SMILES string of the molecule is O=C(NCc1nccnc1Cl)C1CCC(N2CC(F)(F)C2)CC1. The number of hydrogen-bond donors (Lipinski definition) is 1. The van der Waals surface area contributed by atoms with Crippen molar-refractivity contribution in [3.05, 3.63) is 23.2 Å². The molecule has 1 aromatic rings. The predicted octanol–water partition coefficient (Wildman–Crippen LogP) is 2.26. The van der Waals surface area contributed by atoms with Crippen molar-refractivity contribution >= 4 is 17.5 Å². The van der Waals surface area contributed by atoms with Crippen molar-refractivity contribution in [2.45, 2.75) is 44.2 Å². The van der Waals surface area contributed by atoms with Crippen LogP contribution in [0.1, 0.15) is 31.4 Å². The van der Waals surface area contributed by atoms with Crippen LogP contribution in [0, 0.1) is 5.92 Å². The molecule has 3 rings (SSSR count). The molecule has 23 heavy (non-hydrogen) atoms. The number of carbonyl (C=O) groups is 1. The third-order valence-corrected chi connectivity index (χ3v) is 4.92. The Kier molecular flexibility index (Phi) is 4.77. The van der Waals surface area contributed by atoms with Crippen LogP contribution in [0.15, 0.2) is 12.4 Å². The summed E-state index contributed by atoms with van der Waals surface area (Å²) in [6.45, 7) is -0.0246. The molecule has 1 amide bonds. The monoisotopic (exact) mass is 344 g/mol. The molecule has 0 atom stereocenters. The summed E-state index contributed by atoms with van der Waals surface area (Å²) in [5.41, 5.74) is 0.541. The average Bonchev–Trinajstić information content (AvgIpc) is 2.51. The number of rotatable bonds is 4. The Morgan fingerprint density at radius 1 is 1.26 bits per heavy atom. The molecule has 1 aliphatic heterocycles. The molecule has 0 spiro atoms. The Labute approximate surface area is 138 Å². The van der Waals surface area contributed by atoms with Gasteiger partial charge in [-0.15, -0.1) is 0 Å². The molecule has 1 N–H and O–H groups in total. The zero-order chi connectivity index (χ0) is 16.4. The van der Waals surface area contributed by atoms with Crippen molar-refractivity contribution in [2.24, 2.45) is 5.92 Å². The van der Waals surface area contributed by atoms with Gasteiger partial charge in [-0.1, -0.05) is 11.6 Å². The van der Waals surface area contributed by atoms with Gasteiger partial charge >= 0.3 is 0 Å². The number of nitrogens with zero attached hydrogens (tertiary/aromatic N) is 3. The first-order valence-corrected chi connectivity index (χ1v) is 8.17. The van der Waals surface area contributed by atoms with E-state index in [0.29, 0.717) is 5.69 Å². The van der Waals surface area contributed by atoms with Crippen LogP contribution in [0.4, 0.5) is 8.78 Å². The quantitative estimate of drug-likeness (QED) is 0.910. The van der Waals surface area contributed by atoms with Crippen molar-refractivity contribution in [1.29, 1.82) is 0 Å². The third-order valence-electron chi connectivity index (χ3n) is 4.61. The number of hydrogen-bond acceptors (Lipinski definition) is 4. The third kappa shape index (κ3) is 3.95. The first-order valence-electron chi connectivity index (χ1n) is 7.79. The summed E-state index contributed by atoms with van der Waals surface area (Å²) in [6, 6.07) is 0.188. The molecule has 8 heteroatoms. The molecule has 1 saturated carbocycles. The lowest BCUT2D eigenvalue weighted by Crippen LogP contribution is -2.60. The normalized spacial score (nSPS) is 27.3. The van der Waals surface area contributed by atoms with Gasteiger partial charge in [0.15, 0.2) is 5.15 Å².